The first-order chi connectivity index (χ1) is 7.86. The van der Waals surface area contributed by atoms with Gasteiger partial charge in [-0.25, -0.2) is 0 Å². The molecule has 0 spiro atoms. The molecule has 2 N–H and O–H groups in total. The van der Waals surface area contributed by atoms with Crippen molar-refractivity contribution in [2.45, 2.75) is 0 Å². The van der Waals surface area contributed by atoms with Gasteiger partial charge in [0.2, 0.25) is 0 Å². The smallest absolute Gasteiger partial charge is 0.108 e. The monoisotopic (exact) mass is 214 g/mol. The van der Waals surface area contributed by atoms with Gasteiger partial charge >= 0.3 is 0 Å². The van der Waals surface area contributed by atoms with E-state index in [-0.39, 0.29) is 0 Å². The highest BCUT2D eigenvalue weighted by Crippen LogP contribution is 2.06. The van der Waals surface area contributed by atoms with E-state index in [2.05, 4.69) is 20.0 Å². The van der Waals surface area contributed by atoms with Gasteiger partial charge in [-0.3, -0.25) is 9.98 Å². The molecule has 0 saturated heterocycles. The van der Waals surface area contributed by atoms with Crippen LogP contribution in [0.25, 0.3) is 0 Å². The molecule has 82 valence electrons. The first-order valence-corrected chi connectivity index (χ1v) is 5.08. The van der Waals surface area contributed by atoms with Crippen molar-refractivity contribution in [1.29, 1.82) is 0 Å². The molecule has 0 atom stereocenters. The quantitative estimate of drug-likeness (QED) is 0.733. The van der Waals surface area contributed by atoms with Crippen LogP contribution in [0.15, 0.2) is 46.6 Å². The lowest BCUT2D eigenvalue weighted by Gasteiger charge is -2.05. The van der Waals surface area contributed by atoms with Crippen LogP contribution in [-0.4, -0.2) is 35.5 Å². The predicted molar refractivity (Wildman–Crippen MR) is 66.5 cm³/mol. The number of H-pyrrole nitrogens is 2. The molecule has 0 bridgehead atoms. The fourth-order valence-electron chi connectivity index (χ4n) is 1.66. The zero-order valence-electron chi connectivity index (χ0n) is 9.36. The molecule has 0 unspecified atom stereocenters. The van der Waals surface area contributed by atoms with Gasteiger partial charge in [0.15, 0.2) is 0 Å². The maximum absolute atomic E-state index is 4.29. The second kappa shape index (κ2) is 4.61. The van der Waals surface area contributed by atoms with Gasteiger partial charge in [-0.15, -0.1) is 0 Å². The maximum atomic E-state index is 4.29. The Balaban J connectivity index is 2.43. The summed E-state index contributed by atoms with van der Waals surface area (Å²) in [6.07, 6.45) is 3.75. The number of aromatic amines is 2. The summed E-state index contributed by atoms with van der Waals surface area (Å²) in [4.78, 5) is 14.9. The van der Waals surface area contributed by atoms with Crippen molar-refractivity contribution in [3.05, 3.63) is 48.0 Å². The molecule has 0 aromatic carbocycles. The van der Waals surface area contributed by atoms with Crippen molar-refractivity contribution in [3.8, 4) is 0 Å². The van der Waals surface area contributed by atoms with E-state index >= 15 is 0 Å². The summed E-state index contributed by atoms with van der Waals surface area (Å²) in [5, 5.41) is 0. The van der Waals surface area contributed by atoms with Gasteiger partial charge < -0.3 is 9.97 Å². The number of nitrogens with one attached hydrogen (secondary N) is 2. The summed E-state index contributed by atoms with van der Waals surface area (Å²) in [6.45, 7) is 0. The van der Waals surface area contributed by atoms with Crippen LogP contribution in [0.2, 0.25) is 0 Å². The fraction of sp³-hybridized carbons (Fsp3) is 0.167. The molecule has 0 radical (unpaired) electrons. The van der Waals surface area contributed by atoms with E-state index in [1.807, 2.05) is 36.7 Å². The van der Waals surface area contributed by atoms with Crippen molar-refractivity contribution >= 4 is 11.4 Å². The Kier molecular flexibility index (Phi) is 3.00. The Labute approximate surface area is 94.2 Å². The van der Waals surface area contributed by atoms with Gasteiger partial charge in [0.05, 0.1) is 11.4 Å². The summed E-state index contributed by atoms with van der Waals surface area (Å²) in [5.41, 5.74) is 3.65. The first-order valence-electron chi connectivity index (χ1n) is 5.08. The minimum atomic E-state index is 0.856. The lowest BCUT2D eigenvalue weighted by atomic mass is 10.1. The molecule has 2 aromatic heterocycles. The molecule has 4 heteroatoms. The van der Waals surface area contributed by atoms with Crippen molar-refractivity contribution in [2.75, 3.05) is 14.1 Å². The largest absolute Gasteiger partial charge is 0.360 e. The Morgan fingerprint density at radius 3 is 1.56 bits per heavy atom. The normalized spacial score (nSPS) is 13.1. The highest BCUT2D eigenvalue weighted by Gasteiger charge is 2.13. The summed E-state index contributed by atoms with van der Waals surface area (Å²) in [6, 6.07) is 7.86. The van der Waals surface area contributed by atoms with Crippen LogP contribution in [0.3, 0.4) is 0 Å². The third kappa shape index (κ3) is 1.82. The van der Waals surface area contributed by atoms with Crippen molar-refractivity contribution in [2.24, 2.45) is 9.98 Å². The molecule has 2 rings (SSSR count). The van der Waals surface area contributed by atoms with Crippen LogP contribution >= 0.6 is 0 Å². The van der Waals surface area contributed by atoms with Crippen LogP contribution in [0.4, 0.5) is 0 Å². The number of hydrogen-bond acceptors (Lipinski definition) is 2. The molecule has 2 heterocycles. The van der Waals surface area contributed by atoms with E-state index in [0.29, 0.717) is 0 Å². The van der Waals surface area contributed by atoms with E-state index in [1.54, 1.807) is 14.1 Å². The Morgan fingerprint density at radius 1 is 0.875 bits per heavy atom. The average molecular weight is 214 g/mol. The maximum Gasteiger partial charge on any atom is 0.108 e. The Morgan fingerprint density at radius 2 is 1.31 bits per heavy atom. The number of aromatic nitrogens is 2. The molecular formula is C12H14N4. The number of aliphatic imine (C=N–C) groups is 2. The van der Waals surface area contributed by atoms with Crippen molar-refractivity contribution < 1.29 is 0 Å². The molecule has 0 amide bonds. The Bertz CT molecular complexity index is 441. The summed E-state index contributed by atoms with van der Waals surface area (Å²) in [5.74, 6) is 0. The Hall–Kier alpha value is -2.10. The van der Waals surface area contributed by atoms with E-state index < -0.39 is 0 Å². The molecule has 4 nitrogen and oxygen atoms in total. The highest BCUT2D eigenvalue weighted by atomic mass is 14.8. The van der Waals surface area contributed by atoms with E-state index in [4.69, 9.17) is 0 Å². The molecule has 2 aromatic rings. The minimum Gasteiger partial charge on any atom is -0.360 e. The molecular weight excluding hydrogens is 200 g/mol. The predicted octanol–water partition coefficient (Wildman–Crippen LogP) is 1.88. The SMILES string of the molecule is CN=C(C(=NC)c1ccc[nH]1)c1ccc[nH]1. The standard InChI is InChI=1S/C12H14N4/c1-13-11(9-5-3-7-15-9)12(14-2)10-6-4-8-16-10/h3-8,15-16H,1-2H3. The van der Waals surface area contributed by atoms with Gasteiger partial charge in [0, 0.05) is 26.5 Å². The van der Waals surface area contributed by atoms with Gasteiger partial charge in [0.25, 0.3) is 0 Å². The third-order valence-corrected chi connectivity index (χ3v) is 2.38. The lowest BCUT2D eigenvalue weighted by molar-refractivity contribution is 1.31. The van der Waals surface area contributed by atoms with Gasteiger partial charge in [-0.05, 0) is 24.3 Å². The molecule has 0 aliphatic heterocycles. The summed E-state index contributed by atoms with van der Waals surface area (Å²) < 4.78 is 0. The second-order valence-electron chi connectivity index (χ2n) is 3.31. The van der Waals surface area contributed by atoms with Gasteiger partial charge in [-0.1, -0.05) is 0 Å². The summed E-state index contributed by atoms with van der Waals surface area (Å²) >= 11 is 0. The van der Waals surface area contributed by atoms with Crippen LogP contribution in [0.1, 0.15) is 11.4 Å². The number of nitrogens with zero attached hydrogens (tertiary/aromatic N) is 2. The zero-order valence-corrected chi connectivity index (χ0v) is 9.36. The van der Waals surface area contributed by atoms with Crippen LogP contribution in [-0.2, 0) is 0 Å². The molecule has 0 aliphatic carbocycles. The van der Waals surface area contributed by atoms with Crippen molar-refractivity contribution in [1.82, 2.24) is 9.97 Å². The van der Waals surface area contributed by atoms with Crippen molar-refractivity contribution in [3.63, 3.8) is 0 Å². The molecule has 0 saturated carbocycles. The van der Waals surface area contributed by atoms with Gasteiger partial charge in [0.1, 0.15) is 11.4 Å². The van der Waals surface area contributed by atoms with E-state index in [0.717, 1.165) is 22.8 Å². The van der Waals surface area contributed by atoms with Crippen LogP contribution in [0, 0.1) is 0 Å². The first kappa shape index (κ1) is 10.4. The van der Waals surface area contributed by atoms with Crippen LogP contribution < -0.4 is 0 Å². The number of hydrogen-bond donors (Lipinski definition) is 2. The molecule has 0 fully saturated rings. The van der Waals surface area contributed by atoms with Gasteiger partial charge in [-0.2, -0.15) is 0 Å². The van der Waals surface area contributed by atoms with Crippen LogP contribution in [0.5, 0.6) is 0 Å². The topological polar surface area (TPSA) is 56.3 Å². The highest BCUT2D eigenvalue weighted by molar-refractivity contribution is 6.52. The lowest BCUT2D eigenvalue weighted by Crippen LogP contribution is -2.18. The molecule has 0 aliphatic rings. The average Bonchev–Trinajstić information content (AvgIpc) is 2.97. The number of rotatable bonds is 3. The fourth-order valence-corrected chi connectivity index (χ4v) is 1.66. The third-order valence-electron chi connectivity index (χ3n) is 2.38. The minimum absolute atomic E-state index is 0.856. The second-order valence-corrected chi connectivity index (χ2v) is 3.31. The van der Waals surface area contributed by atoms with E-state index in [1.165, 1.54) is 0 Å². The summed E-state index contributed by atoms with van der Waals surface area (Å²) in [7, 11) is 3.54. The zero-order chi connectivity index (χ0) is 11.4. The van der Waals surface area contributed by atoms with E-state index in [9.17, 15) is 0 Å². The molecule has 16 heavy (non-hydrogen) atoms.